The van der Waals surface area contributed by atoms with E-state index in [0.29, 0.717) is 12.8 Å². The van der Waals surface area contributed by atoms with Gasteiger partial charge in [0.15, 0.2) is 0 Å². The van der Waals surface area contributed by atoms with Crippen molar-refractivity contribution < 1.29 is 20.5 Å². The van der Waals surface area contributed by atoms with Crippen molar-refractivity contribution in [2.45, 2.75) is 83.7 Å². The van der Waals surface area contributed by atoms with Crippen LogP contribution in [0.1, 0.15) is 83.0 Å². The number of aliphatic hydroxyl groups is 1. The molecule has 122 valence electrons. The summed E-state index contributed by atoms with van der Waals surface area (Å²) in [6.07, 6.45) is 9.90. The molecule has 1 atom stereocenters. The van der Waals surface area contributed by atoms with Gasteiger partial charge in [-0.05, 0) is 25.7 Å². The zero-order valence-electron chi connectivity index (χ0n) is 17.2. The summed E-state index contributed by atoms with van der Waals surface area (Å²) in [5.41, 5.74) is 0. The van der Waals surface area contributed by atoms with Crippen LogP contribution in [0.3, 0.4) is 0 Å². The van der Waals surface area contributed by atoms with E-state index in [4.69, 9.17) is 10.6 Å². The lowest BCUT2D eigenvalue weighted by Gasteiger charge is -2.09. The summed E-state index contributed by atoms with van der Waals surface area (Å²) in [6, 6.07) is -2.43. The molecule has 0 aliphatic heterocycles. The minimum absolute atomic E-state index is 0.167. The maximum atomic E-state index is 10.6. The lowest BCUT2D eigenvalue weighted by Crippen LogP contribution is -2.05. The predicted molar refractivity (Wildman–Crippen MR) is 88.4 cm³/mol. The molecule has 0 aliphatic rings. The van der Waals surface area contributed by atoms with Gasteiger partial charge in [-0.15, -0.1) is 0 Å². The highest BCUT2D eigenvalue weighted by molar-refractivity contribution is 5.80. The van der Waals surface area contributed by atoms with E-state index >= 15 is 0 Å². The van der Waals surface area contributed by atoms with Crippen LogP contribution in [0.25, 0.3) is 0 Å². The van der Waals surface area contributed by atoms with Gasteiger partial charge in [-0.25, -0.2) is 4.79 Å². The normalized spacial score (nSPS) is 17.8. The van der Waals surface area contributed by atoms with Crippen molar-refractivity contribution in [1.29, 1.82) is 0 Å². The first kappa shape index (κ1) is 13.6. The molecule has 21 heavy (non-hydrogen) atoms. The number of carboxylic acid groups (broad SMARTS) is 1. The molecule has 0 aliphatic carbocycles. The number of aliphatic hydroxyl groups excluding tert-OH is 1. The number of hydrogen-bond donors (Lipinski definition) is 2. The van der Waals surface area contributed by atoms with Crippen molar-refractivity contribution in [3.63, 3.8) is 0 Å². The Labute approximate surface area is 135 Å². The van der Waals surface area contributed by atoms with E-state index in [1.807, 2.05) is 0 Å². The van der Waals surface area contributed by atoms with Gasteiger partial charge in [0.1, 0.15) is 0 Å². The van der Waals surface area contributed by atoms with E-state index < -0.39 is 30.2 Å². The molecule has 0 fully saturated rings. The third-order valence-electron chi connectivity index (χ3n) is 3.30. The number of carbonyl (C=O) groups is 1. The largest absolute Gasteiger partial charge is 0.478 e. The molecule has 0 heterocycles. The van der Waals surface area contributed by atoms with Crippen molar-refractivity contribution in [3.05, 3.63) is 24.2 Å². The standard InChI is InChI=1S/C18H32O3/c1-2-3-4-5-6-8-11-14-17(19)15-12-9-7-10-13-16-18(20)21/h7,10,13,16-17,19H,2-6,8-9,11-12,14-15H2,1H3,(H,20,21)/i7D,10D,13D,16D. The van der Waals surface area contributed by atoms with Gasteiger partial charge in [-0.2, -0.15) is 0 Å². The van der Waals surface area contributed by atoms with Crippen LogP contribution < -0.4 is 0 Å². The Morgan fingerprint density at radius 1 is 1.05 bits per heavy atom. The van der Waals surface area contributed by atoms with Crippen LogP contribution in [0.15, 0.2) is 24.2 Å². The smallest absolute Gasteiger partial charge is 0.328 e. The fourth-order valence-electron chi connectivity index (χ4n) is 2.10. The van der Waals surface area contributed by atoms with Crippen LogP contribution in [0.2, 0.25) is 0 Å². The molecule has 0 bridgehead atoms. The fourth-order valence-corrected chi connectivity index (χ4v) is 2.10. The molecule has 0 aromatic heterocycles. The molecule has 3 nitrogen and oxygen atoms in total. The molecule has 0 radical (unpaired) electrons. The van der Waals surface area contributed by atoms with Gasteiger partial charge in [0, 0.05) is 6.05 Å². The molecule has 0 aromatic rings. The number of aliphatic carboxylic acids is 1. The molecule has 1 unspecified atom stereocenters. The summed E-state index contributed by atoms with van der Waals surface area (Å²) >= 11 is 0. The van der Waals surface area contributed by atoms with E-state index in [1.54, 1.807) is 0 Å². The average molecular weight is 300 g/mol. The zero-order valence-corrected chi connectivity index (χ0v) is 13.2. The summed E-state index contributed by atoms with van der Waals surface area (Å²) in [5.74, 6) is -1.58. The summed E-state index contributed by atoms with van der Waals surface area (Å²) < 4.78 is 29.9. The van der Waals surface area contributed by atoms with Gasteiger partial charge >= 0.3 is 5.97 Å². The second-order valence-corrected chi connectivity index (χ2v) is 5.31. The number of allylic oxidation sites excluding steroid dienone is 3. The highest BCUT2D eigenvalue weighted by atomic mass is 16.4. The van der Waals surface area contributed by atoms with Crippen LogP contribution in [-0.4, -0.2) is 22.3 Å². The van der Waals surface area contributed by atoms with Gasteiger partial charge in [0.2, 0.25) is 0 Å². The van der Waals surface area contributed by atoms with E-state index in [0.717, 1.165) is 19.3 Å². The Morgan fingerprint density at radius 2 is 1.67 bits per heavy atom. The molecule has 0 saturated carbocycles. The van der Waals surface area contributed by atoms with Gasteiger partial charge in [-0.1, -0.05) is 70.0 Å². The van der Waals surface area contributed by atoms with E-state index in [1.165, 1.54) is 32.1 Å². The molecular formula is C18H32O3. The SMILES string of the molecule is [2H]C(CCCC(O)CCCCCCCCC)=C([2H])C([2H])=C([2H])C(=O)O. The minimum atomic E-state index is -1.58. The van der Waals surface area contributed by atoms with Gasteiger partial charge in [-0.3, -0.25) is 0 Å². The van der Waals surface area contributed by atoms with Crippen LogP contribution >= 0.6 is 0 Å². The Morgan fingerprint density at radius 3 is 2.33 bits per heavy atom. The number of rotatable bonds is 14. The maximum absolute atomic E-state index is 10.6. The second-order valence-electron chi connectivity index (χ2n) is 5.31. The molecule has 0 amide bonds. The molecule has 0 rings (SSSR count). The van der Waals surface area contributed by atoms with Gasteiger partial charge < -0.3 is 10.2 Å². The van der Waals surface area contributed by atoms with Crippen LogP contribution in [0.4, 0.5) is 0 Å². The highest BCUT2D eigenvalue weighted by Crippen LogP contribution is 2.12. The fraction of sp³-hybridized carbons (Fsp3) is 0.722. The van der Waals surface area contributed by atoms with Crippen molar-refractivity contribution in [3.8, 4) is 0 Å². The van der Waals surface area contributed by atoms with Crippen LogP contribution in [0, 0.1) is 0 Å². The predicted octanol–water partition coefficient (Wildman–Crippen LogP) is 4.86. The summed E-state index contributed by atoms with van der Waals surface area (Å²) in [6.45, 7) is 2.19. The van der Waals surface area contributed by atoms with E-state index in [2.05, 4.69) is 6.92 Å². The Bertz CT molecular complexity index is 461. The molecule has 0 spiro atoms. The van der Waals surface area contributed by atoms with Crippen molar-refractivity contribution in [1.82, 2.24) is 0 Å². The Kier molecular flexibility index (Phi) is 9.88. The first-order chi connectivity index (χ1) is 11.8. The maximum Gasteiger partial charge on any atom is 0.328 e. The summed E-state index contributed by atoms with van der Waals surface area (Å²) in [4.78, 5) is 10.6. The van der Waals surface area contributed by atoms with Crippen LogP contribution in [-0.2, 0) is 4.79 Å². The zero-order chi connectivity index (χ0) is 19.2. The monoisotopic (exact) mass is 300 g/mol. The molecule has 0 aromatic carbocycles. The molecular weight excluding hydrogens is 264 g/mol. The van der Waals surface area contributed by atoms with Crippen LogP contribution in [0.5, 0.6) is 0 Å². The third-order valence-corrected chi connectivity index (χ3v) is 3.30. The first-order valence-electron chi connectivity index (χ1n) is 10.1. The second kappa shape index (κ2) is 15.3. The molecule has 2 N–H and O–H groups in total. The quantitative estimate of drug-likeness (QED) is 0.274. The number of carboxylic acids is 1. The van der Waals surface area contributed by atoms with Crippen molar-refractivity contribution >= 4 is 5.97 Å². The van der Waals surface area contributed by atoms with E-state index in [9.17, 15) is 9.90 Å². The van der Waals surface area contributed by atoms with Crippen molar-refractivity contribution in [2.75, 3.05) is 0 Å². The Hall–Kier alpha value is -1.09. The lowest BCUT2D eigenvalue weighted by atomic mass is 10.0. The third kappa shape index (κ3) is 16.9. The summed E-state index contributed by atoms with van der Waals surface area (Å²) in [5, 5.41) is 18.6. The summed E-state index contributed by atoms with van der Waals surface area (Å²) in [7, 11) is 0. The van der Waals surface area contributed by atoms with Gasteiger partial charge in [0.05, 0.1) is 11.6 Å². The van der Waals surface area contributed by atoms with Gasteiger partial charge in [0.25, 0.3) is 0 Å². The number of unbranched alkanes of at least 4 members (excludes halogenated alkanes) is 6. The average Bonchev–Trinajstić information content (AvgIpc) is 2.58. The topological polar surface area (TPSA) is 57.5 Å². The van der Waals surface area contributed by atoms with Crippen molar-refractivity contribution in [2.24, 2.45) is 0 Å². The minimum Gasteiger partial charge on any atom is -0.478 e. The number of hydrogen-bond acceptors (Lipinski definition) is 2. The van der Waals surface area contributed by atoms with E-state index in [-0.39, 0.29) is 12.5 Å². The molecule has 0 saturated heterocycles. The Balaban J connectivity index is 4.03. The first-order valence-corrected chi connectivity index (χ1v) is 8.06. The molecule has 3 heteroatoms. The highest BCUT2D eigenvalue weighted by Gasteiger charge is 2.02. The lowest BCUT2D eigenvalue weighted by molar-refractivity contribution is -0.131.